The zero-order valence-corrected chi connectivity index (χ0v) is 10.6. The Kier molecular flexibility index (Phi) is 3.41. The van der Waals surface area contributed by atoms with E-state index in [1.54, 1.807) is 11.3 Å². The summed E-state index contributed by atoms with van der Waals surface area (Å²) in [5.74, 6) is 0.780. The minimum Gasteiger partial charge on any atom is -0.361 e. The van der Waals surface area contributed by atoms with E-state index in [0.717, 1.165) is 15.8 Å². The van der Waals surface area contributed by atoms with Gasteiger partial charge >= 0.3 is 0 Å². The fourth-order valence-corrected chi connectivity index (χ4v) is 2.39. The number of aryl methyl sites for hydroxylation is 1. The third kappa shape index (κ3) is 2.71. The number of hydrogen-bond acceptors (Lipinski definition) is 4. The highest BCUT2D eigenvalue weighted by Gasteiger charge is 2.08. The largest absolute Gasteiger partial charge is 0.361 e. The van der Waals surface area contributed by atoms with Gasteiger partial charge in [-0.1, -0.05) is 11.6 Å². The van der Waals surface area contributed by atoms with E-state index in [0.29, 0.717) is 0 Å². The van der Waals surface area contributed by atoms with Crippen molar-refractivity contribution in [2.24, 2.45) is 0 Å². The molecule has 0 fully saturated rings. The summed E-state index contributed by atoms with van der Waals surface area (Å²) >= 11 is 7.46. The van der Waals surface area contributed by atoms with Crippen molar-refractivity contribution >= 4 is 28.8 Å². The maximum absolute atomic E-state index is 5.89. The molecule has 16 heavy (non-hydrogen) atoms. The monoisotopic (exact) mass is 253 g/mol. The highest BCUT2D eigenvalue weighted by molar-refractivity contribution is 7.16. The normalized spacial score (nSPS) is 12.4. The van der Waals surface area contributed by atoms with Crippen molar-refractivity contribution in [2.75, 3.05) is 5.32 Å². The Bertz CT molecular complexity index is 466. The van der Waals surface area contributed by atoms with Crippen LogP contribution in [0.3, 0.4) is 0 Å². The smallest absolute Gasteiger partial charge is 0.149 e. The lowest BCUT2D eigenvalue weighted by Gasteiger charge is -2.11. The number of anilines is 1. The molecular weight excluding hydrogens is 242 g/mol. The van der Waals surface area contributed by atoms with E-state index in [1.165, 1.54) is 4.88 Å². The van der Waals surface area contributed by atoms with Crippen molar-refractivity contribution in [1.29, 1.82) is 0 Å². The average molecular weight is 254 g/mol. The molecular formula is C11H12ClN3S. The van der Waals surface area contributed by atoms with E-state index in [4.69, 9.17) is 11.6 Å². The molecule has 1 N–H and O–H groups in total. The number of nitrogens with one attached hydrogen (secondary N) is 1. The summed E-state index contributed by atoms with van der Waals surface area (Å²) in [7, 11) is 0. The molecule has 84 valence electrons. The molecule has 0 bridgehead atoms. The molecule has 0 saturated carbocycles. The highest BCUT2D eigenvalue weighted by Crippen LogP contribution is 2.28. The molecule has 0 radical (unpaired) electrons. The Morgan fingerprint density at radius 1 is 1.25 bits per heavy atom. The first-order valence-corrected chi connectivity index (χ1v) is 6.16. The standard InChI is InChI=1S/C11H12ClN3S/c1-7-3-6-11(15-14-7)13-8(2)9-4-5-10(12)16-9/h3-6,8H,1-2H3,(H,13,15). The van der Waals surface area contributed by atoms with Crippen LogP contribution in [0.25, 0.3) is 0 Å². The molecule has 1 unspecified atom stereocenters. The second-order valence-electron chi connectivity index (χ2n) is 3.57. The molecule has 0 amide bonds. The number of hydrogen-bond donors (Lipinski definition) is 1. The first-order valence-electron chi connectivity index (χ1n) is 4.97. The minimum absolute atomic E-state index is 0.189. The Labute approximate surface area is 103 Å². The van der Waals surface area contributed by atoms with Crippen LogP contribution in [0, 0.1) is 6.92 Å². The lowest BCUT2D eigenvalue weighted by Crippen LogP contribution is -2.07. The number of aromatic nitrogens is 2. The average Bonchev–Trinajstić information content (AvgIpc) is 2.68. The van der Waals surface area contributed by atoms with Crippen molar-refractivity contribution < 1.29 is 0 Å². The lowest BCUT2D eigenvalue weighted by atomic mass is 10.3. The Morgan fingerprint density at radius 2 is 2.06 bits per heavy atom. The first-order chi connectivity index (χ1) is 7.65. The summed E-state index contributed by atoms with van der Waals surface area (Å²) in [6.07, 6.45) is 0. The van der Waals surface area contributed by atoms with Crippen LogP contribution in [0.5, 0.6) is 0 Å². The van der Waals surface area contributed by atoms with Gasteiger partial charge in [-0.2, -0.15) is 5.10 Å². The van der Waals surface area contributed by atoms with Crippen molar-refractivity contribution in [3.05, 3.63) is 39.2 Å². The van der Waals surface area contributed by atoms with E-state index in [-0.39, 0.29) is 6.04 Å². The Hall–Kier alpha value is -1.13. The summed E-state index contributed by atoms with van der Waals surface area (Å²) in [5, 5.41) is 11.3. The van der Waals surface area contributed by atoms with Gasteiger partial charge in [0.2, 0.25) is 0 Å². The topological polar surface area (TPSA) is 37.8 Å². The van der Waals surface area contributed by atoms with Gasteiger partial charge in [0.1, 0.15) is 5.82 Å². The molecule has 2 aromatic rings. The van der Waals surface area contributed by atoms with Crippen LogP contribution in [-0.2, 0) is 0 Å². The molecule has 1 atom stereocenters. The number of thiophene rings is 1. The quantitative estimate of drug-likeness (QED) is 0.907. The summed E-state index contributed by atoms with van der Waals surface area (Å²) in [4.78, 5) is 1.19. The minimum atomic E-state index is 0.189. The summed E-state index contributed by atoms with van der Waals surface area (Å²) in [6.45, 7) is 3.99. The van der Waals surface area contributed by atoms with Gasteiger partial charge in [0.15, 0.2) is 0 Å². The fraction of sp³-hybridized carbons (Fsp3) is 0.273. The molecule has 5 heteroatoms. The summed E-state index contributed by atoms with van der Waals surface area (Å²) in [5.41, 5.74) is 0.914. The molecule has 0 spiro atoms. The maximum atomic E-state index is 5.89. The molecule has 0 aliphatic carbocycles. The van der Waals surface area contributed by atoms with Crippen LogP contribution in [0.4, 0.5) is 5.82 Å². The van der Waals surface area contributed by atoms with Crippen molar-refractivity contribution in [3.63, 3.8) is 0 Å². The van der Waals surface area contributed by atoms with E-state index in [2.05, 4.69) is 22.4 Å². The molecule has 0 aromatic carbocycles. The predicted octanol–water partition coefficient (Wildman–Crippen LogP) is 3.67. The molecule has 2 rings (SSSR count). The zero-order valence-electron chi connectivity index (χ0n) is 9.07. The van der Waals surface area contributed by atoms with Gasteiger partial charge < -0.3 is 5.32 Å². The number of halogens is 1. The third-order valence-corrected chi connectivity index (χ3v) is 3.60. The maximum Gasteiger partial charge on any atom is 0.149 e. The van der Waals surface area contributed by atoms with Gasteiger partial charge in [0.05, 0.1) is 16.1 Å². The number of nitrogens with zero attached hydrogens (tertiary/aromatic N) is 2. The Morgan fingerprint density at radius 3 is 2.62 bits per heavy atom. The van der Waals surface area contributed by atoms with E-state index < -0.39 is 0 Å². The van der Waals surface area contributed by atoms with Crippen LogP contribution in [0.1, 0.15) is 23.5 Å². The van der Waals surface area contributed by atoms with Gasteiger partial charge in [-0.25, -0.2) is 0 Å². The van der Waals surface area contributed by atoms with Crippen LogP contribution < -0.4 is 5.32 Å². The second kappa shape index (κ2) is 4.80. The molecule has 2 heterocycles. The SMILES string of the molecule is Cc1ccc(NC(C)c2ccc(Cl)s2)nn1. The van der Waals surface area contributed by atoms with Gasteiger partial charge in [-0.15, -0.1) is 16.4 Å². The van der Waals surface area contributed by atoms with Crippen molar-refractivity contribution in [2.45, 2.75) is 19.9 Å². The van der Waals surface area contributed by atoms with Crippen LogP contribution >= 0.6 is 22.9 Å². The van der Waals surface area contributed by atoms with E-state index >= 15 is 0 Å². The third-order valence-electron chi connectivity index (χ3n) is 2.18. The molecule has 2 aromatic heterocycles. The summed E-state index contributed by atoms with van der Waals surface area (Å²) < 4.78 is 0.804. The van der Waals surface area contributed by atoms with Crippen LogP contribution in [0.2, 0.25) is 4.34 Å². The molecule has 0 saturated heterocycles. The molecule has 3 nitrogen and oxygen atoms in total. The lowest BCUT2D eigenvalue weighted by molar-refractivity contribution is 0.872. The van der Waals surface area contributed by atoms with Crippen LogP contribution in [-0.4, -0.2) is 10.2 Å². The number of rotatable bonds is 3. The van der Waals surface area contributed by atoms with Gasteiger partial charge in [0.25, 0.3) is 0 Å². The molecule has 0 aliphatic rings. The summed E-state index contributed by atoms with van der Waals surface area (Å²) in [6, 6.07) is 7.97. The highest BCUT2D eigenvalue weighted by atomic mass is 35.5. The Balaban J connectivity index is 2.07. The van der Waals surface area contributed by atoms with E-state index in [9.17, 15) is 0 Å². The van der Waals surface area contributed by atoms with E-state index in [1.807, 2.05) is 31.2 Å². The van der Waals surface area contributed by atoms with Gasteiger partial charge in [-0.3, -0.25) is 0 Å². The van der Waals surface area contributed by atoms with Gasteiger partial charge in [-0.05, 0) is 38.1 Å². The predicted molar refractivity (Wildman–Crippen MR) is 68.1 cm³/mol. The first kappa shape index (κ1) is 11.4. The zero-order chi connectivity index (χ0) is 11.5. The molecule has 0 aliphatic heterocycles. The van der Waals surface area contributed by atoms with Gasteiger partial charge in [0, 0.05) is 4.88 Å². The van der Waals surface area contributed by atoms with Crippen molar-refractivity contribution in [3.8, 4) is 0 Å². The fourth-order valence-electron chi connectivity index (χ4n) is 1.33. The second-order valence-corrected chi connectivity index (χ2v) is 5.31. The van der Waals surface area contributed by atoms with Crippen molar-refractivity contribution in [1.82, 2.24) is 10.2 Å². The van der Waals surface area contributed by atoms with Crippen LogP contribution in [0.15, 0.2) is 24.3 Å².